The van der Waals surface area contributed by atoms with Crippen LogP contribution in [0, 0.1) is 0 Å². The van der Waals surface area contributed by atoms with Crippen molar-refractivity contribution < 1.29 is 4.79 Å². The molecule has 1 fully saturated rings. The lowest BCUT2D eigenvalue weighted by Crippen LogP contribution is -2.10. The Morgan fingerprint density at radius 3 is 2.08 bits per heavy atom. The van der Waals surface area contributed by atoms with Gasteiger partial charge in [0.2, 0.25) is 5.16 Å². The fraction of sp³-hybridized carbons (Fsp3) is 0.200. The second-order valence-corrected chi connectivity index (χ2v) is 7.16. The SMILES string of the molecule is O=C1CCCC1Sc1nnc(-c2ccccc2)c(-c2ccccc2)n1. The van der Waals surface area contributed by atoms with Gasteiger partial charge in [0.1, 0.15) is 17.2 Å². The fourth-order valence-electron chi connectivity index (χ4n) is 2.98. The summed E-state index contributed by atoms with van der Waals surface area (Å²) >= 11 is 1.44. The van der Waals surface area contributed by atoms with E-state index < -0.39 is 0 Å². The van der Waals surface area contributed by atoms with Gasteiger partial charge in [-0.3, -0.25) is 4.79 Å². The van der Waals surface area contributed by atoms with Crippen LogP contribution in [0.5, 0.6) is 0 Å². The predicted molar refractivity (Wildman–Crippen MR) is 99.2 cm³/mol. The summed E-state index contributed by atoms with van der Waals surface area (Å²) in [6, 6.07) is 19.9. The molecule has 0 saturated heterocycles. The summed E-state index contributed by atoms with van der Waals surface area (Å²) in [5.41, 5.74) is 3.54. The lowest BCUT2D eigenvalue weighted by molar-refractivity contribution is -0.116. The Bertz CT molecular complexity index is 884. The highest BCUT2D eigenvalue weighted by Crippen LogP contribution is 2.33. The molecule has 4 rings (SSSR count). The number of carbonyl (C=O) groups is 1. The zero-order chi connectivity index (χ0) is 17.1. The van der Waals surface area contributed by atoms with Crippen molar-refractivity contribution in [2.75, 3.05) is 0 Å². The van der Waals surface area contributed by atoms with E-state index in [9.17, 15) is 4.79 Å². The Morgan fingerprint density at radius 2 is 1.48 bits per heavy atom. The summed E-state index contributed by atoms with van der Waals surface area (Å²) in [4.78, 5) is 16.7. The first kappa shape index (κ1) is 16.0. The van der Waals surface area contributed by atoms with Crippen LogP contribution in [0.2, 0.25) is 0 Å². The van der Waals surface area contributed by atoms with Crippen molar-refractivity contribution >= 4 is 17.5 Å². The van der Waals surface area contributed by atoms with E-state index in [1.54, 1.807) is 0 Å². The first-order valence-corrected chi connectivity index (χ1v) is 9.24. The number of benzene rings is 2. The minimum absolute atomic E-state index is 0.0343. The molecular formula is C20H17N3OS. The number of Topliss-reactive ketones (excluding diaryl/α,β-unsaturated/α-hetero) is 1. The fourth-order valence-corrected chi connectivity index (χ4v) is 4.00. The third-order valence-corrected chi connectivity index (χ3v) is 5.42. The molecule has 0 N–H and O–H groups in total. The summed E-state index contributed by atoms with van der Waals surface area (Å²) < 4.78 is 0. The molecule has 1 saturated carbocycles. The maximum atomic E-state index is 11.9. The minimum atomic E-state index is -0.0343. The molecule has 0 aliphatic heterocycles. The average Bonchev–Trinajstić information content (AvgIpc) is 3.08. The van der Waals surface area contributed by atoms with Crippen LogP contribution in [0.4, 0.5) is 0 Å². The van der Waals surface area contributed by atoms with Gasteiger partial charge in [-0.15, -0.1) is 10.2 Å². The van der Waals surface area contributed by atoms with Crippen LogP contribution in [0.3, 0.4) is 0 Å². The number of thioether (sulfide) groups is 1. The molecular weight excluding hydrogens is 330 g/mol. The van der Waals surface area contributed by atoms with Crippen molar-refractivity contribution in [2.45, 2.75) is 29.7 Å². The zero-order valence-electron chi connectivity index (χ0n) is 13.6. The monoisotopic (exact) mass is 347 g/mol. The van der Waals surface area contributed by atoms with Gasteiger partial charge in [-0.1, -0.05) is 72.4 Å². The Balaban J connectivity index is 1.76. The lowest BCUT2D eigenvalue weighted by atomic mass is 10.0. The lowest BCUT2D eigenvalue weighted by Gasteiger charge is -2.11. The van der Waals surface area contributed by atoms with Gasteiger partial charge in [0.25, 0.3) is 0 Å². The summed E-state index contributed by atoms with van der Waals surface area (Å²) in [6.07, 6.45) is 2.52. The van der Waals surface area contributed by atoms with E-state index in [0.29, 0.717) is 17.4 Å². The topological polar surface area (TPSA) is 55.7 Å². The van der Waals surface area contributed by atoms with Crippen molar-refractivity contribution in [3.8, 4) is 22.5 Å². The van der Waals surface area contributed by atoms with Crippen molar-refractivity contribution in [3.63, 3.8) is 0 Å². The summed E-state index contributed by atoms with van der Waals surface area (Å²) in [7, 11) is 0. The van der Waals surface area contributed by atoms with Crippen LogP contribution in [-0.4, -0.2) is 26.2 Å². The zero-order valence-corrected chi connectivity index (χ0v) is 14.4. The molecule has 1 heterocycles. The molecule has 2 aromatic carbocycles. The molecule has 4 nitrogen and oxygen atoms in total. The third kappa shape index (κ3) is 3.46. The predicted octanol–water partition coefficient (Wildman–Crippen LogP) is 4.42. The molecule has 0 bridgehead atoms. The standard InChI is InChI=1S/C20H17N3OS/c24-16-12-7-13-17(16)25-20-21-18(14-8-3-1-4-9-14)19(22-23-20)15-10-5-2-6-11-15/h1-6,8-11,17H,7,12-13H2. The van der Waals surface area contributed by atoms with E-state index in [0.717, 1.165) is 35.4 Å². The maximum absolute atomic E-state index is 11.9. The van der Waals surface area contributed by atoms with Crippen LogP contribution >= 0.6 is 11.8 Å². The second-order valence-electron chi connectivity index (χ2n) is 5.99. The molecule has 0 radical (unpaired) electrons. The molecule has 3 aromatic rings. The Morgan fingerprint density at radius 1 is 0.840 bits per heavy atom. The van der Waals surface area contributed by atoms with E-state index in [-0.39, 0.29) is 5.25 Å². The third-order valence-electron chi connectivity index (χ3n) is 4.26. The van der Waals surface area contributed by atoms with Gasteiger partial charge < -0.3 is 0 Å². The van der Waals surface area contributed by atoms with Gasteiger partial charge in [0.15, 0.2) is 0 Å². The number of nitrogens with zero attached hydrogens (tertiary/aromatic N) is 3. The van der Waals surface area contributed by atoms with Gasteiger partial charge in [0.05, 0.1) is 5.25 Å². The molecule has 124 valence electrons. The molecule has 1 unspecified atom stereocenters. The highest BCUT2D eigenvalue weighted by Gasteiger charge is 2.27. The van der Waals surface area contributed by atoms with Crippen LogP contribution in [0.1, 0.15) is 19.3 Å². The smallest absolute Gasteiger partial charge is 0.210 e. The number of aromatic nitrogens is 3. The first-order chi connectivity index (χ1) is 12.3. The highest BCUT2D eigenvalue weighted by atomic mass is 32.2. The van der Waals surface area contributed by atoms with E-state index in [2.05, 4.69) is 10.2 Å². The Hall–Kier alpha value is -2.53. The van der Waals surface area contributed by atoms with Gasteiger partial charge in [-0.25, -0.2) is 4.98 Å². The molecule has 0 spiro atoms. The molecule has 1 aliphatic carbocycles. The average molecular weight is 347 g/mol. The summed E-state index contributed by atoms with van der Waals surface area (Å²) in [5, 5.41) is 9.27. The number of ketones is 1. The number of carbonyl (C=O) groups excluding carboxylic acids is 1. The number of hydrogen-bond acceptors (Lipinski definition) is 5. The van der Waals surface area contributed by atoms with E-state index in [4.69, 9.17) is 4.98 Å². The number of hydrogen-bond donors (Lipinski definition) is 0. The molecule has 5 heteroatoms. The second kappa shape index (κ2) is 7.15. The van der Waals surface area contributed by atoms with Crippen molar-refractivity contribution in [2.24, 2.45) is 0 Å². The van der Waals surface area contributed by atoms with Crippen LogP contribution in [0.15, 0.2) is 65.8 Å². The normalized spacial score (nSPS) is 17.0. The van der Waals surface area contributed by atoms with Crippen LogP contribution in [-0.2, 0) is 4.79 Å². The van der Waals surface area contributed by atoms with E-state index in [1.807, 2.05) is 60.7 Å². The summed E-state index contributed by atoms with van der Waals surface area (Å²) in [5.74, 6) is 0.294. The maximum Gasteiger partial charge on any atom is 0.210 e. The minimum Gasteiger partial charge on any atom is -0.298 e. The van der Waals surface area contributed by atoms with Gasteiger partial charge >= 0.3 is 0 Å². The molecule has 0 amide bonds. The Labute approximate surface area is 150 Å². The molecule has 1 aromatic heterocycles. The van der Waals surface area contributed by atoms with Crippen molar-refractivity contribution in [1.82, 2.24) is 15.2 Å². The van der Waals surface area contributed by atoms with Gasteiger partial charge in [0, 0.05) is 17.5 Å². The largest absolute Gasteiger partial charge is 0.298 e. The highest BCUT2D eigenvalue weighted by molar-refractivity contribution is 8.00. The molecule has 25 heavy (non-hydrogen) atoms. The van der Waals surface area contributed by atoms with Crippen LogP contribution < -0.4 is 0 Å². The van der Waals surface area contributed by atoms with E-state index in [1.165, 1.54) is 11.8 Å². The first-order valence-electron chi connectivity index (χ1n) is 8.36. The van der Waals surface area contributed by atoms with Gasteiger partial charge in [-0.2, -0.15) is 0 Å². The van der Waals surface area contributed by atoms with Gasteiger partial charge in [-0.05, 0) is 12.8 Å². The van der Waals surface area contributed by atoms with Crippen molar-refractivity contribution in [3.05, 3.63) is 60.7 Å². The molecule has 1 atom stereocenters. The summed E-state index contributed by atoms with van der Waals surface area (Å²) in [6.45, 7) is 0. The molecule has 1 aliphatic rings. The Kier molecular flexibility index (Phi) is 4.57. The quantitative estimate of drug-likeness (QED) is 0.699. The number of rotatable bonds is 4. The van der Waals surface area contributed by atoms with Crippen LogP contribution in [0.25, 0.3) is 22.5 Å². The van der Waals surface area contributed by atoms with E-state index >= 15 is 0 Å². The van der Waals surface area contributed by atoms with Crippen molar-refractivity contribution in [1.29, 1.82) is 0 Å².